The van der Waals surface area contributed by atoms with E-state index in [1.54, 1.807) is 0 Å². The van der Waals surface area contributed by atoms with Crippen LogP contribution >= 0.6 is 0 Å². The summed E-state index contributed by atoms with van der Waals surface area (Å²) < 4.78 is 1.82. The van der Waals surface area contributed by atoms with Gasteiger partial charge in [-0.15, -0.1) is 0 Å². The maximum atomic E-state index is 5.61. The normalized spacial score (nSPS) is 12.6. The molecule has 2 rings (SSSR count). The van der Waals surface area contributed by atoms with Crippen molar-refractivity contribution in [2.75, 3.05) is 6.54 Å². The Morgan fingerprint density at radius 1 is 1.35 bits per heavy atom. The summed E-state index contributed by atoms with van der Waals surface area (Å²) in [5.74, 6) is 0.511. The Hall–Kier alpha value is -1.61. The van der Waals surface area contributed by atoms with Gasteiger partial charge >= 0.3 is 0 Å². The number of hydrogen-bond donors (Lipinski definition) is 1. The van der Waals surface area contributed by atoms with E-state index in [1.165, 1.54) is 11.1 Å². The Morgan fingerprint density at radius 2 is 2.18 bits per heavy atom. The molecule has 90 valence electrons. The molecule has 1 atom stereocenters. The second-order valence-corrected chi connectivity index (χ2v) is 4.51. The molecule has 0 aliphatic carbocycles. The standard InChI is InChI=1S/C14H19N3/c1-11(6-7-15)12-4-3-5-13(8-12)14-9-16-17(2)10-14/h3-5,8-11H,6-7,15H2,1-2H3. The van der Waals surface area contributed by atoms with Crippen LogP contribution in [0.3, 0.4) is 0 Å². The van der Waals surface area contributed by atoms with Crippen LogP contribution in [-0.4, -0.2) is 16.3 Å². The first-order valence-corrected chi connectivity index (χ1v) is 5.99. The SMILES string of the molecule is CC(CCN)c1cccc(-c2cnn(C)c2)c1. The molecule has 3 heteroatoms. The van der Waals surface area contributed by atoms with Gasteiger partial charge < -0.3 is 5.73 Å². The zero-order chi connectivity index (χ0) is 12.3. The zero-order valence-electron chi connectivity index (χ0n) is 10.4. The van der Waals surface area contributed by atoms with Crippen molar-refractivity contribution >= 4 is 0 Å². The maximum absolute atomic E-state index is 5.61. The van der Waals surface area contributed by atoms with Crippen LogP contribution < -0.4 is 5.73 Å². The van der Waals surface area contributed by atoms with Crippen LogP contribution in [0.25, 0.3) is 11.1 Å². The highest BCUT2D eigenvalue weighted by molar-refractivity contribution is 5.62. The lowest BCUT2D eigenvalue weighted by Crippen LogP contribution is -2.04. The Kier molecular flexibility index (Phi) is 3.59. The molecule has 0 saturated heterocycles. The van der Waals surface area contributed by atoms with Crippen molar-refractivity contribution in [1.29, 1.82) is 0 Å². The van der Waals surface area contributed by atoms with Crippen LogP contribution in [0.1, 0.15) is 24.8 Å². The Morgan fingerprint density at radius 3 is 2.82 bits per heavy atom. The van der Waals surface area contributed by atoms with E-state index in [-0.39, 0.29) is 0 Å². The van der Waals surface area contributed by atoms with Crippen molar-refractivity contribution in [2.45, 2.75) is 19.3 Å². The van der Waals surface area contributed by atoms with Crippen LogP contribution in [0, 0.1) is 0 Å². The first-order valence-electron chi connectivity index (χ1n) is 5.99. The highest BCUT2D eigenvalue weighted by Crippen LogP contribution is 2.24. The van der Waals surface area contributed by atoms with Gasteiger partial charge in [0.15, 0.2) is 0 Å². The second-order valence-electron chi connectivity index (χ2n) is 4.51. The minimum Gasteiger partial charge on any atom is -0.330 e. The summed E-state index contributed by atoms with van der Waals surface area (Å²) in [7, 11) is 1.93. The molecule has 0 fully saturated rings. The molecule has 1 aromatic heterocycles. The average Bonchev–Trinajstić information content (AvgIpc) is 2.76. The largest absolute Gasteiger partial charge is 0.330 e. The molecule has 3 nitrogen and oxygen atoms in total. The molecule has 17 heavy (non-hydrogen) atoms. The first-order chi connectivity index (χ1) is 8.20. The Labute approximate surface area is 102 Å². The number of rotatable bonds is 4. The number of aryl methyl sites for hydroxylation is 1. The summed E-state index contributed by atoms with van der Waals surface area (Å²) in [6.45, 7) is 2.95. The van der Waals surface area contributed by atoms with Crippen LogP contribution in [-0.2, 0) is 7.05 Å². The lowest BCUT2D eigenvalue weighted by atomic mass is 9.95. The molecule has 2 N–H and O–H groups in total. The average molecular weight is 229 g/mol. The van der Waals surface area contributed by atoms with Gasteiger partial charge in [-0.2, -0.15) is 5.10 Å². The van der Waals surface area contributed by atoms with Crippen LogP contribution in [0.4, 0.5) is 0 Å². The third-order valence-electron chi connectivity index (χ3n) is 3.09. The number of hydrogen-bond acceptors (Lipinski definition) is 2. The highest BCUT2D eigenvalue weighted by Gasteiger charge is 2.06. The molecular formula is C14H19N3. The molecule has 1 aromatic carbocycles. The van der Waals surface area contributed by atoms with Gasteiger partial charge in [0, 0.05) is 18.8 Å². The zero-order valence-corrected chi connectivity index (χ0v) is 10.4. The number of nitrogens with two attached hydrogens (primary N) is 1. The summed E-state index contributed by atoms with van der Waals surface area (Å²) >= 11 is 0. The Balaban J connectivity index is 2.28. The van der Waals surface area contributed by atoms with Crippen molar-refractivity contribution in [2.24, 2.45) is 12.8 Å². The molecule has 0 aliphatic rings. The number of nitrogens with zero attached hydrogens (tertiary/aromatic N) is 2. The van der Waals surface area contributed by atoms with Gasteiger partial charge in [0.05, 0.1) is 6.20 Å². The molecule has 0 aliphatic heterocycles. The van der Waals surface area contributed by atoms with E-state index in [2.05, 4.69) is 36.3 Å². The second kappa shape index (κ2) is 5.15. The monoisotopic (exact) mass is 229 g/mol. The highest BCUT2D eigenvalue weighted by atomic mass is 15.2. The molecule has 0 bridgehead atoms. The van der Waals surface area contributed by atoms with E-state index in [0.29, 0.717) is 5.92 Å². The topological polar surface area (TPSA) is 43.8 Å². The van der Waals surface area contributed by atoms with Crippen molar-refractivity contribution in [3.8, 4) is 11.1 Å². The predicted octanol–water partition coefficient (Wildman–Crippen LogP) is 2.54. The third kappa shape index (κ3) is 2.74. The van der Waals surface area contributed by atoms with Gasteiger partial charge in [-0.3, -0.25) is 4.68 Å². The third-order valence-corrected chi connectivity index (χ3v) is 3.09. The van der Waals surface area contributed by atoms with E-state index in [0.717, 1.165) is 18.5 Å². The minimum atomic E-state index is 0.511. The van der Waals surface area contributed by atoms with Gasteiger partial charge in [0.1, 0.15) is 0 Å². The fourth-order valence-electron chi connectivity index (χ4n) is 2.01. The maximum Gasteiger partial charge on any atom is 0.0568 e. The lowest BCUT2D eigenvalue weighted by molar-refractivity contribution is 0.690. The molecule has 0 amide bonds. The summed E-state index contributed by atoms with van der Waals surface area (Å²) in [6.07, 6.45) is 4.95. The smallest absolute Gasteiger partial charge is 0.0568 e. The predicted molar refractivity (Wildman–Crippen MR) is 70.7 cm³/mol. The van der Waals surface area contributed by atoms with E-state index < -0.39 is 0 Å². The van der Waals surface area contributed by atoms with Gasteiger partial charge in [0.2, 0.25) is 0 Å². The fraction of sp³-hybridized carbons (Fsp3) is 0.357. The van der Waals surface area contributed by atoms with Crippen LogP contribution in [0.2, 0.25) is 0 Å². The number of aromatic nitrogens is 2. The van der Waals surface area contributed by atoms with E-state index in [9.17, 15) is 0 Å². The van der Waals surface area contributed by atoms with Crippen molar-refractivity contribution in [1.82, 2.24) is 9.78 Å². The quantitative estimate of drug-likeness (QED) is 0.875. The number of benzene rings is 1. The van der Waals surface area contributed by atoms with Crippen LogP contribution in [0.15, 0.2) is 36.7 Å². The fourth-order valence-corrected chi connectivity index (χ4v) is 2.01. The molecule has 2 aromatic rings. The van der Waals surface area contributed by atoms with Crippen molar-refractivity contribution < 1.29 is 0 Å². The summed E-state index contributed by atoms with van der Waals surface area (Å²) in [4.78, 5) is 0. The van der Waals surface area contributed by atoms with E-state index in [4.69, 9.17) is 5.73 Å². The van der Waals surface area contributed by atoms with Gasteiger partial charge in [-0.05, 0) is 30.0 Å². The summed E-state index contributed by atoms with van der Waals surface area (Å²) in [5, 5.41) is 4.20. The van der Waals surface area contributed by atoms with E-state index >= 15 is 0 Å². The molecule has 1 unspecified atom stereocenters. The van der Waals surface area contributed by atoms with Gasteiger partial charge in [0.25, 0.3) is 0 Å². The molecule has 0 spiro atoms. The summed E-state index contributed by atoms with van der Waals surface area (Å²) in [6, 6.07) is 8.62. The summed E-state index contributed by atoms with van der Waals surface area (Å²) in [5.41, 5.74) is 9.33. The molecule has 0 radical (unpaired) electrons. The molecule has 0 saturated carbocycles. The molecular weight excluding hydrogens is 210 g/mol. The molecule has 1 heterocycles. The van der Waals surface area contributed by atoms with E-state index in [1.807, 2.05) is 24.1 Å². The van der Waals surface area contributed by atoms with Crippen LogP contribution in [0.5, 0.6) is 0 Å². The lowest BCUT2D eigenvalue weighted by Gasteiger charge is -2.11. The van der Waals surface area contributed by atoms with Gasteiger partial charge in [-0.1, -0.05) is 31.2 Å². The minimum absolute atomic E-state index is 0.511. The van der Waals surface area contributed by atoms with Crippen molar-refractivity contribution in [3.05, 3.63) is 42.2 Å². The van der Waals surface area contributed by atoms with Gasteiger partial charge in [-0.25, -0.2) is 0 Å². The Bertz CT molecular complexity index is 488. The van der Waals surface area contributed by atoms with Crippen molar-refractivity contribution in [3.63, 3.8) is 0 Å². The first kappa shape index (κ1) is 11.9.